The molecule has 0 amide bonds. The van der Waals surface area contributed by atoms with Gasteiger partial charge in [-0.3, -0.25) is 5.32 Å². The van der Waals surface area contributed by atoms with Crippen molar-refractivity contribution >= 4 is 0 Å². The molecule has 2 aliphatic rings. The van der Waals surface area contributed by atoms with E-state index in [0.717, 1.165) is 18.9 Å². The number of nitrogens with zero attached hydrogens (tertiary/aromatic N) is 1. The maximum atomic E-state index is 8.70. The summed E-state index contributed by atoms with van der Waals surface area (Å²) in [5.74, 6) is 1.06. The zero-order chi connectivity index (χ0) is 14.2. The van der Waals surface area contributed by atoms with Gasteiger partial charge in [0, 0.05) is 13.0 Å². The molecule has 0 radical (unpaired) electrons. The van der Waals surface area contributed by atoms with Gasteiger partial charge >= 0.3 is 0 Å². The Hall–Kier alpha value is -1.37. The van der Waals surface area contributed by atoms with Crippen LogP contribution in [-0.2, 0) is 11.3 Å². The first-order valence-electron chi connectivity index (χ1n) is 7.56. The number of rotatable bonds is 3. The van der Waals surface area contributed by atoms with Gasteiger partial charge in [0.2, 0.25) is 0 Å². The van der Waals surface area contributed by atoms with Gasteiger partial charge in [-0.1, -0.05) is 56.5 Å². The summed E-state index contributed by atoms with van der Waals surface area (Å²) in [6.07, 6.45) is 5.43. The van der Waals surface area contributed by atoms with Crippen molar-refractivity contribution < 1.29 is 4.74 Å². The van der Waals surface area contributed by atoms with Crippen LogP contribution in [0, 0.1) is 17.2 Å². The normalized spacial score (nSPS) is 25.2. The van der Waals surface area contributed by atoms with Crippen LogP contribution < -0.4 is 5.32 Å². The Morgan fingerprint density at radius 2 is 2.00 bits per heavy atom. The summed E-state index contributed by atoms with van der Waals surface area (Å²) in [7, 11) is 0. The Morgan fingerprint density at radius 1 is 1.30 bits per heavy atom. The van der Waals surface area contributed by atoms with Crippen LogP contribution in [0.5, 0.6) is 0 Å². The predicted molar refractivity (Wildman–Crippen MR) is 80.1 cm³/mol. The first kappa shape index (κ1) is 15.0. The highest BCUT2D eigenvalue weighted by atomic mass is 16.5. The van der Waals surface area contributed by atoms with E-state index >= 15 is 0 Å². The summed E-state index contributed by atoms with van der Waals surface area (Å²) in [5.41, 5.74) is 1.18. The van der Waals surface area contributed by atoms with Gasteiger partial charge < -0.3 is 4.74 Å². The van der Waals surface area contributed by atoms with E-state index in [4.69, 9.17) is 10.00 Å². The van der Waals surface area contributed by atoms with Crippen molar-refractivity contribution in [3.8, 4) is 6.07 Å². The smallest absolute Gasteiger partial charge is 0.0979 e. The molecule has 0 aromatic heterocycles. The first-order valence-corrected chi connectivity index (χ1v) is 7.56. The fourth-order valence-electron chi connectivity index (χ4n) is 2.33. The van der Waals surface area contributed by atoms with Crippen LogP contribution in [0.25, 0.3) is 0 Å². The molecule has 1 aliphatic carbocycles. The molecule has 1 aliphatic heterocycles. The molecule has 1 saturated carbocycles. The Labute approximate surface area is 121 Å². The van der Waals surface area contributed by atoms with Gasteiger partial charge in [0.15, 0.2) is 0 Å². The summed E-state index contributed by atoms with van der Waals surface area (Å²) in [5, 5.41) is 11.8. The second-order valence-corrected chi connectivity index (χ2v) is 5.78. The largest absolute Gasteiger partial charge is 0.372 e. The molecule has 1 heterocycles. The van der Waals surface area contributed by atoms with Crippen LogP contribution in [0.3, 0.4) is 0 Å². The van der Waals surface area contributed by atoms with Crippen molar-refractivity contribution in [2.24, 2.45) is 5.92 Å². The maximum Gasteiger partial charge on any atom is 0.0979 e. The van der Waals surface area contributed by atoms with E-state index in [-0.39, 0.29) is 12.1 Å². The predicted octanol–water partition coefficient (Wildman–Crippen LogP) is 3.26. The van der Waals surface area contributed by atoms with Crippen molar-refractivity contribution in [3.05, 3.63) is 35.9 Å². The molecule has 1 saturated heterocycles. The fraction of sp³-hybridized carbons (Fsp3) is 0.588. The Bertz CT molecular complexity index is 422. The van der Waals surface area contributed by atoms with E-state index < -0.39 is 0 Å². The van der Waals surface area contributed by atoms with Crippen LogP contribution in [0.2, 0.25) is 0 Å². The Morgan fingerprint density at radius 3 is 2.50 bits per heavy atom. The lowest BCUT2D eigenvalue weighted by Crippen LogP contribution is -2.19. The van der Waals surface area contributed by atoms with Crippen molar-refractivity contribution in [1.29, 1.82) is 5.26 Å². The van der Waals surface area contributed by atoms with Crippen LogP contribution in [0.1, 0.15) is 38.2 Å². The molecule has 3 heteroatoms. The molecule has 2 fully saturated rings. The molecule has 108 valence electrons. The third kappa shape index (κ3) is 4.96. The molecular formula is C17H24N2O. The highest BCUT2D eigenvalue weighted by molar-refractivity contribution is 5.13. The maximum absolute atomic E-state index is 8.70. The lowest BCUT2D eigenvalue weighted by atomic mass is 9.88. The second-order valence-electron chi connectivity index (χ2n) is 5.78. The Balaban J connectivity index is 0.000000247. The van der Waals surface area contributed by atoms with Gasteiger partial charge in [-0.2, -0.15) is 5.26 Å². The number of nitrogens with one attached hydrogen (secondary N) is 1. The van der Waals surface area contributed by atoms with Crippen LogP contribution in [-0.4, -0.2) is 18.7 Å². The van der Waals surface area contributed by atoms with Gasteiger partial charge in [-0.15, -0.1) is 0 Å². The van der Waals surface area contributed by atoms with Crippen LogP contribution in [0.4, 0.5) is 0 Å². The van der Waals surface area contributed by atoms with E-state index in [1.54, 1.807) is 0 Å². The van der Waals surface area contributed by atoms with Crippen LogP contribution in [0.15, 0.2) is 30.3 Å². The zero-order valence-electron chi connectivity index (χ0n) is 12.2. The Kier molecular flexibility index (Phi) is 6.04. The SMILES string of the molecule is CC1CCC1.N#CC1CC(OCc2ccccc2)CN1. The van der Waals surface area contributed by atoms with Gasteiger partial charge in [-0.05, 0) is 11.5 Å². The third-order valence-corrected chi connectivity index (χ3v) is 3.97. The number of nitriles is 1. The quantitative estimate of drug-likeness (QED) is 0.918. The van der Waals surface area contributed by atoms with Gasteiger partial charge in [0.05, 0.1) is 24.8 Å². The molecule has 1 aromatic carbocycles. The molecule has 2 atom stereocenters. The third-order valence-electron chi connectivity index (χ3n) is 3.97. The second kappa shape index (κ2) is 8.04. The highest BCUT2D eigenvalue weighted by Gasteiger charge is 2.23. The molecular weight excluding hydrogens is 248 g/mol. The van der Waals surface area contributed by atoms with E-state index in [9.17, 15) is 0 Å². The van der Waals surface area contributed by atoms with Crippen molar-refractivity contribution in [2.75, 3.05) is 6.54 Å². The van der Waals surface area contributed by atoms with E-state index in [0.29, 0.717) is 6.61 Å². The standard InChI is InChI=1S/C12H14N2O.C5H10/c13-7-11-6-12(8-14-11)15-9-10-4-2-1-3-5-10;1-5-3-2-4-5/h1-5,11-12,14H,6,8-9H2;5H,2-4H2,1H3. The highest BCUT2D eigenvalue weighted by Crippen LogP contribution is 2.24. The molecule has 20 heavy (non-hydrogen) atoms. The minimum absolute atomic E-state index is 0.0363. The number of benzene rings is 1. The van der Waals surface area contributed by atoms with E-state index in [1.165, 1.54) is 24.8 Å². The van der Waals surface area contributed by atoms with E-state index in [2.05, 4.69) is 18.3 Å². The lowest BCUT2D eigenvalue weighted by Gasteiger charge is -2.18. The molecule has 0 bridgehead atoms. The van der Waals surface area contributed by atoms with Crippen molar-refractivity contribution in [1.82, 2.24) is 5.32 Å². The zero-order valence-corrected chi connectivity index (χ0v) is 12.2. The summed E-state index contributed by atoms with van der Waals surface area (Å²) in [6, 6.07) is 12.3. The summed E-state index contributed by atoms with van der Waals surface area (Å²) in [6.45, 7) is 3.72. The van der Waals surface area contributed by atoms with Crippen LogP contribution >= 0.6 is 0 Å². The molecule has 1 aromatic rings. The monoisotopic (exact) mass is 272 g/mol. The molecule has 2 unspecified atom stereocenters. The average Bonchev–Trinajstić information content (AvgIpc) is 2.93. The van der Waals surface area contributed by atoms with Gasteiger partial charge in [0.1, 0.15) is 0 Å². The molecule has 0 spiro atoms. The topological polar surface area (TPSA) is 45.0 Å². The lowest BCUT2D eigenvalue weighted by molar-refractivity contribution is 0.0534. The number of hydrogen-bond donors (Lipinski definition) is 1. The average molecular weight is 272 g/mol. The first-order chi connectivity index (χ1) is 9.78. The molecule has 3 nitrogen and oxygen atoms in total. The minimum atomic E-state index is -0.0363. The van der Waals surface area contributed by atoms with Crippen molar-refractivity contribution in [3.63, 3.8) is 0 Å². The van der Waals surface area contributed by atoms with Gasteiger partial charge in [-0.25, -0.2) is 0 Å². The number of ether oxygens (including phenoxy) is 1. The van der Waals surface area contributed by atoms with Gasteiger partial charge in [0.25, 0.3) is 0 Å². The molecule has 1 N–H and O–H groups in total. The molecule has 3 rings (SSSR count). The fourth-order valence-corrected chi connectivity index (χ4v) is 2.33. The van der Waals surface area contributed by atoms with E-state index in [1.807, 2.05) is 30.3 Å². The summed E-state index contributed by atoms with van der Waals surface area (Å²) in [4.78, 5) is 0. The minimum Gasteiger partial charge on any atom is -0.372 e. The number of hydrogen-bond acceptors (Lipinski definition) is 3. The summed E-state index contributed by atoms with van der Waals surface area (Å²) >= 11 is 0. The summed E-state index contributed by atoms with van der Waals surface area (Å²) < 4.78 is 5.71. The van der Waals surface area contributed by atoms with Crippen molar-refractivity contribution in [2.45, 2.75) is 51.4 Å².